The maximum atomic E-state index is 13.7. The summed E-state index contributed by atoms with van der Waals surface area (Å²) in [5.41, 5.74) is 0.875. The summed E-state index contributed by atoms with van der Waals surface area (Å²) in [7, 11) is 1.57. The highest BCUT2D eigenvalue weighted by Crippen LogP contribution is 2.27. The first kappa shape index (κ1) is 13.1. The molecule has 0 aromatic heterocycles. The first-order valence-electron chi connectivity index (χ1n) is 5.39. The minimum absolute atomic E-state index is 0.253. The van der Waals surface area contributed by atoms with Gasteiger partial charge in [-0.1, -0.05) is 34.1 Å². The van der Waals surface area contributed by atoms with Crippen LogP contribution in [0, 0.1) is 5.82 Å². The third-order valence-corrected chi connectivity index (χ3v) is 3.18. The highest BCUT2D eigenvalue weighted by molar-refractivity contribution is 9.10. The van der Waals surface area contributed by atoms with E-state index in [0.29, 0.717) is 15.8 Å². The van der Waals surface area contributed by atoms with Gasteiger partial charge in [-0.25, -0.2) is 4.39 Å². The van der Waals surface area contributed by atoms with Gasteiger partial charge in [0.1, 0.15) is 17.7 Å². The lowest BCUT2D eigenvalue weighted by Gasteiger charge is -2.13. The van der Waals surface area contributed by atoms with Crippen molar-refractivity contribution in [3.63, 3.8) is 0 Å². The zero-order valence-corrected chi connectivity index (χ0v) is 11.3. The quantitative estimate of drug-likeness (QED) is 0.937. The molecule has 0 radical (unpaired) electrons. The second-order valence-electron chi connectivity index (χ2n) is 3.84. The predicted octanol–water partition coefficient (Wildman–Crippen LogP) is 3.68. The molecule has 0 saturated heterocycles. The molecule has 18 heavy (non-hydrogen) atoms. The van der Waals surface area contributed by atoms with Crippen LogP contribution in [0.4, 0.5) is 4.39 Å². The highest BCUT2D eigenvalue weighted by atomic mass is 79.9. The third-order valence-electron chi connectivity index (χ3n) is 2.69. The number of methoxy groups -OCH3 is 1. The van der Waals surface area contributed by atoms with Gasteiger partial charge in [-0.05, 0) is 29.8 Å². The van der Waals surface area contributed by atoms with Crippen molar-refractivity contribution in [3.05, 3.63) is 63.9 Å². The summed E-state index contributed by atoms with van der Waals surface area (Å²) in [6, 6.07) is 11.5. The van der Waals surface area contributed by atoms with Gasteiger partial charge in [0, 0.05) is 10.0 Å². The zero-order valence-electron chi connectivity index (χ0n) is 9.73. The molecule has 1 unspecified atom stereocenters. The van der Waals surface area contributed by atoms with Gasteiger partial charge in [-0.2, -0.15) is 0 Å². The number of halogens is 2. The molecule has 0 aliphatic carbocycles. The fourth-order valence-corrected chi connectivity index (χ4v) is 2.02. The molecule has 0 bridgehead atoms. The molecule has 94 valence electrons. The normalized spacial score (nSPS) is 12.2. The summed E-state index contributed by atoms with van der Waals surface area (Å²) in [5, 5.41) is 10.1. The van der Waals surface area contributed by atoms with E-state index in [2.05, 4.69) is 15.9 Å². The van der Waals surface area contributed by atoms with Gasteiger partial charge in [0.05, 0.1) is 7.11 Å². The van der Waals surface area contributed by atoms with Crippen LogP contribution in [-0.2, 0) is 0 Å². The molecule has 0 heterocycles. The van der Waals surface area contributed by atoms with Crippen molar-refractivity contribution >= 4 is 15.9 Å². The Labute approximate surface area is 113 Å². The molecule has 0 aliphatic heterocycles. The Bertz CT molecular complexity index is 540. The molecule has 2 rings (SSSR count). The second-order valence-corrected chi connectivity index (χ2v) is 4.76. The van der Waals surface area contributed by atoms with Crippen molar-refractivity contribution in [1.82, 2.24) is 0 Å². The summed E-state index contributed by atoms with van der Waals surface area (Å²) >= 11 is 3.18. The lowest BCUT2D eigenvalue weighted by atomic mass is 10.0. The molecule has 2 aromatic rings. The number of hydrogen-bond acceptors (Lipinski definition) is 2. The van der Waals surface area contributed by atoms with Gasteiger partial charge < -0.3 is 9.84 Å². The van der Waals surface area contributed by atoms with Gasteiger partial charge in [-0.3, -0.25) is 0 Å². The van der Waals surface area contributed by atoms with Crippen molar-refractivity contribution in [3.8, 4) is 5.75 Å². The van der Waals surface area contributed by atoms with Crippen LogP contribution in [0.2, 0.25) is 0 Å². The van der Waals surface area contributed by atoms with Gasteiger partial charge in [0.15, 0.2) is 0 Å². The van der Waals surface area contributed by atoms with Crippen LogP contribution in [0.3, 0.4) is 0 Å². The van der Waals surface area contributed by atoms with Crippen LogP contribution < -0.4 is 4.74 Å². The summed E-state index contributed by atoms with van der Waals surface area (Å²) < 4.78 is 19.4. The molecule has 0 fully saturated rings. The average Bonchev–Trinajstić information content (AvgIpc) is 2.38. The Balaban J connectivity index is 2.31. The molecule has 0 spiro atoms. The number of ether oxygens (including phenoxy) is 1. The molecule has 4 heteroatoms. The van der Waals surface area contributed by atoms with Gasteiger partial charge in [0.25, 0.3) is 0 Å². The van der Waals surface area contributed by atoms with E-state index in [1.54, 1.807) is 43.5 Å². The van der Waals surface area contributed by atoms with Gasteiger partial charge in [-0.15, -0.1) is 0 Å². The largest absolute Gasteiger partial charge is 0.497 e. The first-order valence-corrected chi connectivity index (χ1v) is 6.18. The van der Waals surface area contributed by atoms with Crippen molar-refractivity contribution in [2.45, 2.75) is 6.10 Å². The Morgan fingerprint density at radius 3 is 2.39 bits per heavy atom. The molecule has 1 atom stereocenters. The minimum Gasteiger partial charge on any atom is -0.497 e. The Morgan fingerprint density at radius 2 is 1.83 bits per heavy atom. The van der Waals surface area contributed by atoms with Crippen LogP contribution in [-0.4, -0.2) is 12.2 Å². The molecule has 0 amide bonds. The van der Waals surface area contributed by atoms with Gasteiger partial charge >= 0.3 is 0 Å². The first-order chi connectivity index (χ1) is 8.61. The minimum atomic E-state index is -0.982. The highest BCUT2D eigenvalue weighted by Gasteiger charge is 2.15. The SMILES string of the molecule is COc1ccc(C(O)c2ccc(Br)cc2F)cc1. The Morgan fingerprint density at radius 1 is 1.17 bits per heavy atom. The number of aliphatic hydroxyl groups is 1. The maximum Gasteiger partial charge on any atom is 0.130 e. The standard InChI is InChI=1S/C14H12BrFO2/c1-18-11-5-2-9(3-6-11)14(17)12-7-4-10(15)8-13(12)16/h2-8,14,17H,1H3. The second kappa shape index (κ2) is 5.50. The zero-order chi connectivity index (χ0) is 13.1. The summed E-state index contributed by atoms with van der Waals surface area (Å²) in [6.45, 7) is 0. The molecule has 1 N–H and O–H groups in total. The van der Waals surface area contributed by atoms with E-state index >= 15 is 0 Å². The van der Waals surface area contributed by atoms with E-state index in [-0.39, 0.29) is 5.56 Å². The van der Waals surface area contributed by atoms with E-state index in [9.17, 15) is 9.50 Å². The monoisotopic (exact) mass is 310 g/mol. The molecular weight excluding hydrogens is 299 g/mol. The Hall–Kier alpha value is -1.39. The van der Waals surface area contributed by atoms with E-state index < -0.39 is 11.9 Å². The lowest BCUT2D eigenvalue weighted by Crippen LogP contribution is -2.02. The number of hydrogen-bond donors (Lipinski definition) is 1. The number of rotatable bonds is 3. The number of benzene rings is 2. The van der Waals surface area contributed by atoms with E-state index in [4.69, 9.17) is 4.74 Å². The van der Waals surface area contributed by atoms with Crippen molar-refractivity contribution in [2.24, 2.45) is 0 Å². The molecule has 0 aliphatic rings. The third kappa shape index (κ3) is 2.71. The molecule has 2 aromatic carbocycles. The van der Waals surface area contributed by atoms with Crippen molar-refractivity contribution in [2.75, 3.05) is 7.11 Å². The van der Waals surface area contributed by atoms with Crippen LogP contribution in [0.5, 0.6) is 5.75 Å². The van der Waals surface area contributed by atoms with Crippen LogP contribution in [0.1, 0.15) is 17.2 Å². The average molecular weight is 311 g/mol. The summed E-state index contributed by atoms with van der Waals surface area (Å²) in [5.74, 6) is 0.259. The van der Waals surface area contributed by atoms with Crippen LogP contribution in [0.25, 0.3) is 0 Å². The Kier molecular flexibility index (Phi) is 3.99. The van der Waals surface area contributed by atoms with E-state index in [1.165, 1.54) is 6.07 Å². The smallest absolute Gasteiger partial charge is 0.130 e. The fraction of sp³-hybridized carbons (Fsp3) is 0.143. The maximum absolute atomic E-state index is 13.7. The topological polar surface area (TPSA) is 29.5 Å². The summed E-state index contributed by atoms with van der Waals surface area (Å²) in [6.07, 6.45) is -0.982. The van der Waals surface area contributed by atoms with Gasteiger partial charge in [0.2, 0.25) is 0 Å². The molecule has 2 nitrogen and oxygen atoms in total. The van der Waals surface area contributed by atoms with Crippen molar-refractivity contribution in [1.29, 1.82) is 0 Å². The van der Waals surface area contributed by atoms with Crippen LogP contribution in [0.15, 0.2) is 46.9 Å². The lowest BCUT2D eigenvalue weighted by molar-refractivity contribution is 0.215. The summed E-state index contributed by atoms with van der Waals surface area (Å²) in [4.78, 5) is 0. The predicted molar refractivity (Wildman–Crippen MR) is 71.2 cm³/mol. The number of aliphatic hydroxyl groups excluding tert-OH is 1. The fourth-order valence-electron chi connectivity index (χ4n) is 1.69. The molecular formula is C14H12BrFO2. The van der Waals surface area contributed by atoms with E-state index in [0.717, 1.165) is 0 Å². The van der Waals surface area contributed by atoms with E-state index in [1.807, 2.05) is 0 Å². The van der Waals surface area contributed by atoms with Crippen molar-refractivity contribution < 1.29 is 14.2 Å². The molecule has 0 saturated carbocycles. The van der Waals surface area contributed by atoms with Crippen LogP contribution >= 0.6 is 15.9 Å².